The van der Waals surface area contributed by atoms with Crippen molar-refractivity contribution in [3.05, 3.63) is 39.3 Å². The van der Waals surface area contributed by atoms with Crippen LogP contribution in [0.15, 0.2) is 28.7 Å². The van der Waals surface area contributed by atoms with Crippen molar-refractivity contribution in [3.63, 3.8) is 0 Å². The van der Waals surface area contributed by atoms with E-state index in [1.54, 1.807) is 0 Å². The molecule has 0 radical (unpaired) electrons. The Bertz CT molecular complexity index is 620. The summed E-state index contributed by atoms with van der Waals surface area (Å²) >= 11 is 2.21. The number of carbonyl (C=O) groups is 1. The topological polar surface area (TPSA) is 76.2 Å². The Morgan fingerprint density at radius 3 is 2.94 bits per heavy atom. The quantitative estimate of drug-likeness (QED) is 0.676. The van der Waals surface area contributed by atoms with E-state index in [4.69, 9.17) is 9.52 Å². The number of rotatable bonds is 3. The molecule has 6 heteroatoms. The number of halogens is 1. The Balaban J connectivity index is 2.35. The number of aryl methyl sites for hydroxylation is 1. The lowest BCUT2D eigenvalue weighted by Gasteiger charge is -2.01. The van der Waals surface area contributed by atoms with E-state index in [1.165, 1.54) is 6.08 Å². The van der Waals surface area contributed by atoms with Gasteiger partial charge in [0.1, 0.15) is 0 Å². The van der Waals surface area contributed by atoms with Crippen LogP contribution in [-0.2, 0) is 4.79 Å². The molecule has 1 N–H and O–H groups in total. The summed E-state index contributed by atoms with van der Waals surface area (Å²) in [7, 11) is 0. The maximum absolute atomic E-state index is 10.4. The number of hydrogen-bond acceptors (Lipinski definition) is 4. The van der Waals surface area contributed by atoms with Gasteiger partial charge in [-0.2, -0.15) is 0 Å². The lowest BCUT2D eigenvalue weighted by atomic mass is 10.1. The van der Waals surface area contributed by atoms with Gasteiger partial charge in [0, 0.05) is 15.7 Å². The average molecular weight is 356 g/mol. The molecular weight excluding hydrogens is 347 g/mol. The summed E-state index contributed by atoms with van der Waals surface area (Å²) in [5, 5.41) is 16.2. The molecule has 1 heterocycles. The van der Waals surface area contributed by atoms with Crippen molar-refractivity contribution in [2.45, 2.75) is 6.92 Å². The smallest absolute Gasteiger partial charge is 0.328 e. The van der Waals surface area contributed by atoms with Gasteiger partial charge in [-0.1, -0.05) is 12.1 Å². The Morgan fingerprint density at radius 2 is 2.22 bits per heavy atom. The molecule has 2 rings (SSSR count). The Labute approximate surface area is 117 Å². The molecular formula is C12H9IN2O3. The van der Waals surface area contributed by atoms with E-state index in [2.05, 4.69) is 32.8 Å². The van der Waals surface area contributed by atoms with Crippen LogP contribution in [0.5, 0.6) is 0 Å². The summed E-state index contributed by atoms with van der Waals surface area (Å²) in [5.74, 6) is -0.502. The van der Waals surface area contributed by atoms with Crippen molar-refractivity contribution in [3.8, 4) is 11.5 Å². The first-order valence-electron chi connectivity index (χ1n) is 5.08. The van der Waals surface area contributed by atoms with E-state index < -0.39 is 5.97 Å². The number of benzene rings is 1. The molecule has 1 aromatic heterocycles. The number of carboxylic acids is 1. The molecule has 0 spiro atoms. The lowest BCUT2D eigenvalue weighted by molar-refractivity contribution is -0.131. The monoisotopic (exact) mass is 356 g/mol. The second kappa shape index (κ2) is 5.30. The maximum atomic E-state index is 10.4. The van der Waals surface area contributed by atoms with Crippen LogP contribution in [0.2, 0.25) is 0 Å². The largest absolute Gasteiger partial charge is 0.478 e. The van der Waals surface area contributed by atoms with Crippen LogP contribution in [0.4, 0.5) is 0 Å². The minimum absolute atomic E-state index is 0.171. The van der Waals surface area contributed by atoms with Crippen LogP contribution in [-0.4, -0.2) is 21.3 Å². The van der Waals surface area contributed by atoms with Crippen molar-refractivity contribution in [2.24, 2.45) is 0 Å². The summed E-state index contributed by atoms with van der Waals surface area (Å²) in [5.41, 5.74) is 1.96. The standard InChI is InChI=1S/C12H9IN2O3/c1-7-3-2-4-8(11(7)13)12-15-14-9(18-12)5-6-10(16)17/h2-6H,1H3,(H,16,17)/b6-5+. The average Bonchev–Trinajstić information content (AvgIpc) is 2.78. The molecule has 18 heavy (non-hydrogen) atoms. The molecule has 92 valence electrons. The van der Waals surface area contributed by atoms with E-state index in [-0.39, 0.29) is 5.89 Å². The van der Waals surface area contributed by atoms with Crippen LogP contribution in [0, 0.1) is 10.5 Å². The molecule has 0 bridgehead atoms. The SMILES string of the molecule is Cc1cccc(-c2nnc(/C=C/C(=O)O)o2)c1I. The molecule has 0 saturated heterocycles. The fourth-order valence-corrected chi connectivity index (χ4v) is 1.96. The van der Waals surface area contributed by atoms with E-state index in [9.17, 15) is 4.79 Å². The Kier molecular flexibility index (Phi) is 3.75. The lowest BCUT2D eigenvalue weighted by Crippen LogP contribution is -1.86. The van der Waals surface area contributed by atoms with Crippen LogP contribution < -0.4 is 0 Å². The van der Waals surface area contributed by atoms with Gasteiger partial charge in [0.15, 0.2) is 0 Å². The van der Waals surface area contributed by atoms with Crippen molar-refractivity contribution in [1.29, 1.82) is 0 Å². The molecule has 0 amide bonds. The first-order valence-corrected chi connectivity index (χ1v) is 6.16. The summed E-state index contributed by atoms with van der Waals surface area (Å²) in [6, 6.07) is 5.78. The van der Waals surface area contributed by atoms with E-state index >= 15 is 0 Å². The highest BCUT2D eigenvalue weighted by molar-refractivity contribution is 14.1. The van der Waals surface area contributed by atoms with E-state index in [1.807, 2.05) is 25.1 Å². The number of aliphatic carboxylic acids is 1. The van der Waals surface area contributed by atoms with Gasteiger partial charge in [-0.3, -0.25) is 0 Å². The summed E-state index contributed by atoms with van der Waals surface area (Å²) < 4.78 is 6.41. The van der Waals surface area contributed by atoms with Crippen molar-refractivity contribution >= 4 is 34.6 Å². The van der Waals surface area contributed by atoms with Gasteiger partial charge in [0.2, 0.25) is 11.8 Å². The fourth-order valence-electron chi connectivity index (χ4n) is 1.37. The molecule has 0 aliphatic carbocycles. The number of aromatic nitrogens is 2. The normalized spacial score (nSPS) is 11.0. The zero-order chi connectivity index (χ0) is 13.1. The summed E-state index contributed by atoms with van der Waals surface area (Å²) in [6.45, 7) is 1.99. The molecule has 0 atom stereocenters. The molecule has 0 aliphatic rings. The molecule has 5 nitrogen and oxygen atoms in total. The minimum Gasteiger partial charge on any atom is -0.478 e. The van der Waals surface area contributed by atoms with E-state index in [0.717, 1.165) is 20.8 Å². The predicted molar refractivity (Wildman–Crippen MR) is 73.9 cm³/mol. The number of nitrogens with zero attached hydrogens (tertiary/aromatic N) is 2. The second-order valence-electron chi connectivity index (χ2n) is 3.55. The highest BCUT2D eigenvalue weighted by Gasteiger charge is 2.11. The van der Waals surface area contributed by atoms with Gasteiger partial charge in [-0.25, -0.2) is 4.79 Å². The first-order chi connectivity index (χ1) is 8.58. The summed E-state index contributed by atoms with van der Waals surface area (Å²) in [4.78, 5) is 10.4. The van der Waals surface area contributed by atoms with E-state index in [0.29, 0.717) is 5.89 Å². The Morgan fingerprint density at radius 1 is 1.44 bits per heavy atom. The highest BCUT2D eigenvalue weighted by Crippen LogP contribution is 2.26. The molecule has 2 aromatic rings. The summed E-state index contributed by atoms with van der Waals surface area (Å²) in [6.07, 6.45) is 2.22. The minimum atomic E-state index is -1.06. The third kappa shape index (κ3) is 2.76. The third-order valence-electron chi connectivity index (χ3n) is 2.23. The van der Waals surface area contributed by atoms with Crippen molar-refractivity contribution < 1.29 is 14.3 Å². The van der Waals surface area contributed by atoms with Crippen molar-refractivity contribution in [2.75, 3.05) is 0 Å². The second-order valence-corrected chi connectivity index (χ2v) is 4.63. The highest BCUT2D eigenvalue weighted by atomic mass is 127. The van der Waals surface area contributed by atoms with Crippen molar-refractivity contribution in [1.82, 2.24) is 10.2 Å². The fraction of sp³-hybridized carbons (Fsp3) is 0.0833. The molecule has 1 aromatic carbocycles. The van der Waals surface area contributed by atoms with Gasteiger partial charge in [-0.15, -0.1) is 10.2 Å². The zero-order valence-electron chi connectivity index (χ0n) is 9.42. The maximum Gasteiger partial charge on any atom is 0.328 e. The molecule has 0 aliphatic heterocycles. The molecule has 0 saturated carbocycles. The van der Waals surface area contributed by atoms with Crippen LogP contribution in [0.1, 0.15) is 11.5 Å². The van der Waals surface area contributed by atoms with Gasteiger partial charge in [-0.05, 0) is 41.1 Å². The molecule has 0 unspecified atom stereocenters. The van der Waals surface area contributed by atoms with Gasteiger partial charge in [0.25, 0.3) is 0 Å². The number of carboxylic acid groups (broad SMARTS) is 1. The zero-order valence-corrected chi connectivity index (χ0v) is 11.6. The third-order valence-corrected chi connectivity index (χ3v) is 3.66. The van der Waals surface area contributed by atoms with Gasteiger partial charge >= 0.3 is 5.97 Å². The van der Waals surface area contributed by atoms with Crippen LogP contribution in [0.25, 0.3) is 17.5 Å². The van der Waals surface area contributed by atoms with Gasteiger partial charge in [0.05, 0.1) is 5.56 Å². The first kappa shape index (κ1) is 12.7. The number of hydrogen-bond donors (Lipinski definition) is 1. The molecule has 0 fully saturated rings. The van der Waals surface area contributed by atoms with Crippen LogP contribution in [0.3, 0.4) is 0 Å². The Hall–Kier alpha value is -1.70. The van der Waals surface area contributed by atoms with Gasteiger partial charge < -0.3 is 9.52 Å². The predicted octanol–water partition coefficient (Wildman–Crippen LogP) is 2.75. The van der Waals surface area contributed by atoms with Crippen LogP contribution >= 0.6 is 22.6 Å².